The van der Waals surface area contributed by atoms with Gasteiger partial charge < -0.3 is 15.1 Å². The molecule has 3 heterocycles. The molecule has 9 heteroatoms. The van der Waals surface area contributed by atoms with Crippen LogP contribution in [-0.4, -0.2) is 73.0 Å². The molecule has 148 valence electrons. The number of rotatable bonds is 2. The number of piperazine rings is 1. The lowest BCUT2D eigenvalue weighted by Gasteiger charge is -2.37. The number of hydrazine groups is 1. The summed E-state index contributed by atoms with van der Waals surface area (Å²) < 4.78 is 13.3. The van der Waals surface area contributed by atoms with Gasteiger partial charge in [-0.2, -0.15) is 0 Å². The van der Waals surface area contributed by atoms with Crippen molar-refractivity contribution in [1.29, 1.82) is 0 Å². The van der Waals surface area contributed by atoms with E-state index >= 15 is 0 Å². The number of hydrogen-bond donors (Lipinski definition) is 3. The van der Waals surface area contributed by atoms with E-state index in [0.717, 1.165) is 19.5 Å². The normalized spacial score (nSPS) is 27.7. The third kappa shape index (κ3) is 4.08. The van der Waals surface area contributed by atoms with E-state index in [1.165, 1.54) is 18.2 Å². The molecule has 0 spiro atoms. The Morgan fingerprint density at radius 2 is 1.81 bits per heavy atom. The summed E-state index contributed by atoms with van der Waals surface area (Å²) in [6.07, 6.45) is 1.01. The number of hydrogen-bond acceptors (Lipinski definition) is 5. The zero-order valence-electron chi connectivity index (χ0n) is 15.0. The molecule has 3 unspecified atom stereocenters. The van der Waals surface area contributed by atoms with Crippen molar-refractivity contribution < 1.29 is 14.0 Å². The molecule has 0 bridgehead atoms. The summed E-state index contributed by atoms with van der Waals surface area (Å²) in [5, 5.41) is 3.35. The summed E-state index contributed by atoms with van der Waals surface area (Å²) in [6.45, 7) is 3.74. The van der Waals surface area contributed by atoms with Crippen LogP contribution in [0.25, 0.3) is 0 Å². The maximum atomic E-state index is 13.3. The van der Waals surface area contributed by atoms with Gasteiger partial charge in [-0.05, 0) is 31.2 Å². The minimum Gasteiger partial charge on any atom is -0.338 e. The molecule has 3 atom stereocenters. The molecule has 1 aromatic carbocycles. The molecule has 0 aliphatic carbocycles. The molecular weight excluding hydrogens is 373 g/mol. The van der Waals surface area contributed by atoms with Crippen LogP contribution in [0.3, 0.4) is 0 Å². The second kappa shape index (κ2) is 8.52. The Labute approximate surface area is 164 Å². The van der Waals surface area contributed by atoms with Crippen molar-refractivity contribution in [1.82, 2.24) is 26.0 Å². The van der Waals surface area contributed by atoms with E-state index < -0.39 is 5.82 Å². The van der Waals surface area contributed by atoms with Gasteiger partial charge in [0.15, 0.2) is 0 Å². The Hall–Kier alpha value is -1.74. The molecule has 0 saturated carbocycles. The van der Waals surface area contributed by atoms with Crippen LogP contribution >= 0.6 is 12.4 Å². The average Bonchev–Trinajstić information content (AvgIpc) is 3.11. The Morgan fingerprint density at radius 1 is 1.07 bits per heavy atom. The highest BCUT2D eigenvalue weighted by molar-refractivity contribution is 5.94. The van der Waals surface area contributed by atoms with Crippen molar-refractivity contribution in [3.63, 3.8) is 0 Å². The highest BCUT2D eigenvalue weighted by Gasteiger charge is 2.43. The minimum atomic E-state index is -0.417. The SMILES string of the molecule is Cl.O=C(c1cccc(F)c1)N1CCN(C(=O)C2NNC3CCNCC32)CC1. The second-order valence-electron chi connectivity index (χ2n) is 7.16. The van der Waals surface area contributed by atoms with E-state index in [9.17, 15) is 14.0 Å². The van der Waals surface area contributed by atoms with Crippen LogP contribution in [0.2, 0.25) is 0 Å². The van der Waals surface area contributed by atoms with Crippen molar-refractivity contribution >= 4 is 24.2 Å². The van der Waals surface area contributed by atoms with Crippen LogP contribution in [0.1, 0.15) is 16.8 Å². The topological polar surface area (TPSA) is 76.7 Å². The Bertz CT molecular complexity index is 698. The monoisotopic (exact) mass is 397 g/mol. The smallest absolute Gasteiger partial charge is 0.254 e. The number of fused-ring (bicyclic) bond motifs is 1. The van der Waals surface area contributed by atoms with Crippen LogP contribution in [0.5, 0.6) is 0 Å². The molecular formula is C18H25ClFN5O2. The summed E-state index contributed by atoms with van der Waals surface area (Å²) in [7, 11) is 0. The number of halogens is 2. The largest absolute Gasteiger partial charge is 0.338 e. The van der Waals surface area contributed by atoms with Crippen molar-refractivity contribution in [3.8, 4) is 0 Å². The maximum absolute atomic E-state index is 13.3. The fraction of sp³-hybridized carbons (Fsp3) is 0.556. The van der Waals surface area contributed by atoms with Crippen molar-refractivity contribution in [2.45, 2.75) is 18.5 Å². The third-order valence-electron chi connectivity index (χ3n) is 5.60. The number of nitrogens with zero attached hydrogens (tertiary/aromatic N) is 2. The Balaban J connectivity index is 0.00000210. The molecule has 2 amide bonds. The van der Waals surface area contributed by atoms with E-state index in [0.29, 0.717) is 37.8 Å². The van der Waals surface area contributed by atoms with E-state index in [2.05, 4.69) is 16.2 Å². The third-order valence-corrected chi connectivity index (χ3v) is 5.60. The van der Waals surface area contributed by atoms with E-state index in [1.54, 1.807) is 11.0 Å². The van der Waals surface area contributed by atoms with Crippen molar-refractivity contribution in [2.24, 2.45) is 5.92 Å². The first-order valence-electron chi connectivity index (χ1n) is 9.19. The van der Waals surface area contributed by atoms with Crippen LogP contribution in [0.15, 0.2) is 24.3 Å². The van der Waals surface area contributed by atoms with Gasteiger partial charge in [0.1, 0.15) is 11.9 Å². The summed E-state index contributed by atoms with van der Waals surface area (Å²) in [6, 6.07) is 5.84. The molecule has 7 nitrogen and oxygen atoms in total. The summed E-state index contributed by atoms with van der Waals surface area (Å²) in [4.78, 5) is 28.9. The van der Waals surface area contributed by atoms with Crippen LogP contribution in [0, 0.1) is 11.7 Å². The average molecular weight is 398 g/mol. The van der Waals surface area contributed by atoms with Gasteiger partial charge >= 0.3 is 0 Å². The molecule has 0 aromatic heterocycles. The van der Waals surface area contributed by atoms with Gasteiger partial charge in [0, 0.05) is 50.2 Å². The molecule has 1 aromatic rings. The van der Waals surface area contributed by atoms with Crippen LogP contribution in [-0.2, 0) is 4.79 Å². The number of carbonyl (C=O) groups is 2. The number of benzene rings is 1. The zero-order chi connectivity index (χ0) is 18.1. The molecule has 3 N–H and O–H groups in total. The first-order chi connectivity index (χ1) is 12.6. The number of nitrogens with one attached hydrogen (secondary N) is 3. The van der Waals surface area contributed by atoms with Gasteiger partial charge in [0.2, 0.25) is 5.91 Å². The molecule has 27 heavy (non-hydrogen) atoms. The predicted octanol–water partition coefficient (Wildman–Crippen LogP) is -0.0136. The second-order valence-corrected chi connectivity index (χ2v) is 7.16. The van der Waals surface area contributed by atoms with Gasteiger partial charge in [-0.3, -0.25) is 15.0 Å². The summed E-state index contributed by atoms with van der Waals surface area (Å²) in [5.41, 5.74) is 6.75. The molecule has 3 fully saturated rings. The number of piperidine rings is 1. The fourth-order valence-corrected chi connectivity index (χ4v) is 4.09. The molecule has 0 radical (unpaired) electrons. The summed E-state index contributed by atoms with van der Waals surface area (Å²) >= 11 is 0. The quantitative estimate of drug-likeness (QED) is 0.654. The van der Waals surface area contributed by atoms with Gasteiger partial charge in [-0.15, -0.1) is 12.4 Å². The molecule has 3 aliphatic heterocycles. The van der Waals surface area contributed by atoms with E-state index in [-0.39, 0.29) is 36.2 Å². The van der Waals surface area contributed by atoms with Gasteiger partial charge in [0.05, 0.1) is 0 Å². The minimum absolute atomic E-state index is 0. The van der Waals surface area contributed by atoms with Crippen LogP contribution in [0.4, 0.5) is 4.39 Å². The fourth-order valence-electron chi connectivity index (χ4n) is 4.09. The maximum Gasteiger partial charge on any atom is 0.254 e. The van der Waals surface area contributed by atoms with Crippen LogP contribution < -0.4 is 16.2 Å². The standard InChI is InChI=1S/C18H24FN5O2.ClH/c19-13-3-1-2-12(10-13)17(25)23-6-8-24(9-7-23)18(26)16-14-11-20-5-4-15(14)21-22-16;/h1-3,10,14-16,20-22H,4-9,11H2;1H. The zero-order valence-corrected chi connectivity index (χ0v) is 15.8. The molecule has 3 saturated heterocycles. The van der Waals surface area contributed by atoms with E-state index in [1.807, 2.05) is 4.90 Å². The van der Waals surface area contributed by atoms with Crippen molar-refractivity contribution in [2.75, 3.05) is 39.3 Å². The predicted molar refractivity (Wildman–Crippen MR) is 101 cm³/mol. The first kappa shape index (κ1) is 20.0. The van der Waals surface area contributed by atoms with Gasteiger partial charge in [-0.25, -0.2) is 9.82 Å². The highest BCUT2D eigenvalue weighted by atomic mass is 35.5. The number of carbonyl (C=O) groups excluding carboxylic acids is 2. The summed E-state index contributed by atoms with van der Waals surface area (Å²) in [5.74, 6) is -0.260. The lowest BCUT2D eigenvalue weighted by Crippen LogP contribution is -2.56. The lowest BCUT2D eigenvalue weighted by atomic mass is 9.89. The Kier molecular flexibility index (Phi) is 6.31. The van der Waals surface area contributed by atoms with E-state index in [4.69, 9.17) is 0 Å². The molecule has 3 aliphatic rings. The molecule has 4 rings (SSSR count). The number of amides is 2. The first-order valence-corrected chi connectivity index (χ1v) is 9.19. The van der Waals surface area contributed by atoms with Crippen molar-refractivity contribution in [3.05, 3.63) is 35.6 Å². The lowest BCUT2D eigenvalue weighted by molar-refractivity contribution is -0.135. The Morgan fingerprint density at radius 3 is 2.56 bits per heavy atom. The highest BCUT2D eigenvalue weighted by Crippen LogP contribution is 2.22. The van der Waals surface area contributed by atoms with Gasteiger partial charge in [0.25, 0.3) is 5.91 Å². The van der Waals surface area contributed by atoms with Gasteiger partial charge in [-0.1, -0.05) is 6.07 Å².